The van der Waals surface area contributed by atoms with Crippen LogP contribution >= 0.6 is 0 Å². The van der Waals surface area contributed by atoms with Crippen LogP contribution in [0.3, 0.4) is 0 Å². The molecule has 0 radical (unpaired) electrons. The highest BCUT2D eigenvalue weighted by Crippen LogP contribution is 2.41. The molecule has 2 aliphatic heterocycles. The number of anilines is 6. The predicted molar refractivity (Wildman–Crippen MR) is 136 cm³/mol. The van der Waals surface area contributed by atoms with Gasteiger partial charge < -0.3 is 9.80 Å². The fraction of sp³-hybridized carbons (Fsp3) is 0.0741. The highest BCUT2D eigenvalue weighted by atomic mass is 15.2. The van der Waals surface area contributed by atoms with Gasteiger partial charge in [0.25, 0.3) is 12.7 Å². The van der Waals surface area contributed by atoms with Gasteiger partial charge in [0.05, 0.1) is 37.9 Å². The van der Waals surface area contributed by atoms with Crippen LogP contribution in [-0.4, -0.2) is 21.7 Å². The van der Waals surface area contributed by atoms with Crippen LogP contribution in [0.5, 0.6) is 0 Å². The van der Waals surface area contributed by atoms with Crippen molar-refractivity contribution in [2.75, 3.05) is 9.80 Å². The van der Waals surface area contributed by atoms with E-state index in [1.807, 2.05) is 49.6 Å². The number of benzene rings is 2. The Kier molecular flexibility index (Phi) is 4.23. The zero-order chi connectivity index (χ0) is 23.5. The van der Waals surface area contributed by atoms with Gasteiger partial charge in [-0.1, -0.05) is 46.4 Å². The van der Waals surface area contributed by atoms with E-state index in [0.29, 0.717) is 0 Å². The van der Waals surface area contributed by atoms with Gasteiger partial charge in [0, 0.05) is 11.4 Å². The van der Waals surface area contributed by atoms with Crippen molar-refractivity contribution in [3.8, 4) is 0 Å². The zero-order valence-corrected chi connectivity index (χ0v) is 19.4. The van der Waals surface area contributed by atoms with Crippen molar-refractivity contribution in [3.05, 3.63) is 98.1 Å². The van der Waals surface area contributed by atoms with Gasteiger partial charge in [0.1, 0.15) is 22.6 Å². The normalized spacial score (nSPS) is 13.3. The highest BCUT2D eigenvalue weighted by molar-refractivity contribution is 6.98. The standard InChI is InChI=1S/C27H22BN7/c1-32-17-30-15-23-26(32)28-25-21(34(23)19-9-5-3-6-10-19)13-29-14-22(25)35(20-11-7-4-8-12-20)24-16-31-18-33(2)27(24)28/h3-18H,1-2H3/q+2. The summed E-state index contributed by atoms with van der Waals surface area (Å²) < 4.78 is 4.29. The number of aryl methyl sites for hydroxylation is 2. The van der Waals surface area contributed by atoms with Gasteiger partial charge in [-0.3, -0.25) is 4.98 Å². The number of aromatic nitrogens is 5. The number of rotatable bonds is 2. The zero-order valence-electron chi connectivity index (χ0n) is 19.4. The molecule has 0 spiro atoms. The molecule has 0 N–H and O–H groups in total. The molecule has 8 heteroatoms. The van der Waals surface area contributed by atoms with Gasteiger partial charge in [0.2, 0.25) is 0 Å². The van der Waals surface area contributed by atoms with Crippen LogP contribution in [0.1, 0.15) is 0 Å². The predicted octanol–water partition coefficient (Wildman–Crippen LogP) is 1.60. The molecule has 0 fully saturated rings. The second-order valence-electron chi connectivity index (χ2n) is 8.92. The molecule has 0 aliphatic carbocycles. The minimum absolute atomic E-state index is 0.00563. The first-order valence-corrected chi connectivity index (χ1v) is 11.6. The summed E-state index contributed by atoms with van der Waals surface area (Å²) in [6, 6.07) is 20.9. The van der Waals surface area contributed by atoms with Crippen molar-refractivity contribution in [2.24, 2.45) is 14.1 Å². The molecule has 0 bridgehead atoms. The van der Waals surface area contributed by atoms with Gasteiger partial charge >= 0.3 is 6.71 Å². The average Bonchev–Trinajstić information content (AvgIpc) is 2.90. The lowest BCUT2D eigenvalue weighted by Crippen LogP contribution is -2.75. The summed E-state index contributed by atoms with van der Waals surface area (Å²) in [7, 11) is 4.15. The fourth-order valence-electron chi connectivity index (χ4n) is 5.55. The van der Waals surface area contributed by atoms with E-state index in [1.165, 1.54) is 16.6 Å². The number of nitrogens with zero attached hydrogens (tertiary/aromatic N) is 7. The van der Waals surface area contributed by atoms with E-state index in [9.17, 15) is 0 Å². The molecule has 5 aromatic rings. The minimum atomic E-state index is -0.00563. The molecule has 7 nitrogen and oxygen atoms in total. The SMILES string of the molecule is C[n+]1cncc2c1B1c3c(cncc3N(c3ccccc3)c3cnc[n+](C)c31)N2c1ccccc1. The molecule has 7 rings (SSSR count). The molecule has 166 valence electrons. The van der Waals surface area contributed by atoms with E-state index in [1.54, 1.807) is 0 Å². The van der Waals surface area contributed by atoms with Gasteiger partial charge in [-0.2, -0.15) is 0 Å². The van der Waals surface area contributed by atoms with E-state index < -0.39 is 0 Å². The molecule has 0 amide bonds. The maximum Gasteiger partial charge on any atom is 0.352 e. The Balaban J connectivity index is 1.62. The van der Waals surface area contributed by atoms with Crippen LogP contribution in [-0.2, 0) is 14.1 Å². The summed E-state index contributed by atoms with van der Waals surface area (Å²) in [5, 5.41) is 0. The van der Waals surface area contributed by atoms with E-state index in [4.69, 9.17) is 4.98 Å². The van der Waals surface area contributed by atoms with Crippen LogP contribution in [0.4, 0.5) is 34.1 Å². The summed E-state index contributed by atoms with van der Waals surface area (Å²) in [5.74, 6) is 0. The van der Waals surface area contributed by atoms with Gasteiger partial charge in [0.15, 0.2) is 12.4 Å². The van der Waals surface area contributed by atoms with Crippen LogP contribution < -0.4 is 35.6 Å². The number of hydrogen-bond acceptors (Lipinski definition) is 5. The summed E-state index contributed by atoms with van der Waals surface area (Å²) in [5.41, 5.74) is 9.95. The van der Waals surface area contributed by atoms with Crippen molar-refractivity contribution >= 4 is 57.5 Å². The second kappa shape index (κ2) is 7.46. The average molecular weight is 455 g/mol. The highest BCUT2D eigenvalue weighted by Gasteiger charge is 2.50. The molecule has 0 unspecified atom stereocenters. The van der Waals surface area contributed by atoms with Crippen LogP contribution in [0.2, 0.25) is 0 Å². The molecule has 0 saturated carbocycles. The second-order valence-corrected chi connectivity index (χ2v) is 8.92. The Bertz CT molecular complexity index is 1480. The maximum absolute atomic E-state index is 4.74. The monoisotopic (exact) mass is 455 g/mol. The van der Waals surface area contributed by atoms with Crippen molar-refractivity contribution in [1.29, 1.82) is 0 Å². The molecular weight excluding hydrogens is 433 g/mol. The van der Waals surface area contributed by atoms with Crippen LogP contribution in [0, 0.1) is 0 Å². The lowest BCUT2D eigenvalue weighted by atomic mass is 9.36. The molecule has 2 aromatic carbocycles. The molecule has 3 aromatic heterocycles. The lowest BCUT2D eigenvalue weighted by molar-refractivity contribution is -0.661. The van der Waals surface area contributed by atoms with Crippen LogP contribution in [0.15, 0.2) is 98.1 Å². The molecule has 0 saturated heterocycles. The van der Waals surface area contributed by atoms with E-state index in [-0.39, 0.29) is 6.71 Å². The summed E-state index contributed by atoms with van der Waals surface area (Å²) >= 11 is 0. The third-order valence-corrected chi connectivity index (χ3v) is 6.93. The summed E-state index contributed by atoms with van der Waals surface area (Å²) in [6.45, 7) is -0.00563. The smallest absolute Gasteiger partial charge is 0.303 e. The molecule has 35 heavy (non-hydrogen) atoms. The fourth-order valence-corrected chi connectivity index (χ4v) is 5.55. The number of fused-ring (bicyclic) bond motifs is 4. The van der Waals surface area contributed by atoms with Crippen LogP contribution in [0.25, 0.3) is 0 Å². The van der Waals surface area contributed by atoms with E-state index in [0.717, 1.165) is 34.1 Å². The first kappa shape index (κ1) is 19.8. The Morgan fingerprint density at radius 2 is 1.00 bits per heavy atom. The molecular formula is C27H22BN7+2. The Morgan fingerprint density at radius 1 is 0.571 bits per heavy atom. The molecule has 0 atom stereocenters. The summed E-state index contributed by atoms with van der Waals surface area (Å²) in [6.07, 6.45) is 11.6. The quantitative estimate of drug-likeness (QED) is 0.293. The first-order valence-electron chi connectivity index (χ1n) is 11.6. The number of para-hydroxylation sites is 2. The van der Waals surface area contributed by atoms with Crippen molar-refractivity contribution in [2.45, 2.75) is 0 Å². The topological polar surface area (TPSA) is 52.9 Å². The Labute approximate surface area is 203 Å². The van der Waals surface area contributed by atoms with Crippen molar-refractivity contribution in [3.63, 3.8) is 0 Å². The van der Waals surface area contributed by atoms with Crippen molar-refractivity contribution < 1.29 is 9.13 Å². The van der Waals surface area contributed by atoms with E-state index >= 15 is 0 Å². The Hall–Kier alpha value is -4.59. The van der Waals surface area contributed by atoms with Crippen molar-refractivity contribution in [1.82, 2.24) is 15.0 Å². The van der Waals surface area contributed by atoms with Gasteiger partial charge in [-0.25, -0.2) is 9.13 Å². The largest absolute Gasteiger partial charge is 0.352 e. The number of hydrogen-bond donors (Lipinski definition) is 0. The van der Waals surface area contributed by atoms with Gasteiger partial charge in [-0.15, -0.1) is 0 Å². The lowest BCUT2D eigenvalue weighted by Gasteiger charge is -2.40. The number of pyridine rings is 1. The maximum atomic E-state index is 4.74. The third kappa shape index (κ3) is 2.77. The van der Waals surface area contributed by atoms with Gasteiger partial charge in [-0.05, 0) is 29.7 Å². The minimum Gasteiger partial charge on any atom is -0.303 e. The first-order chi connectivity index (χ1) is 17.2. The molecule has 5 heterocycles. The van der Waals surface area contributed by atoms with E-state index in [2.05, 4.69) is 91.5 Å². The Morgan fingerprint density at radius 3 is 1.46 bits per heavy atom. The molecule has 2 aliphatic rings. The third-order valence-electron chi connectivity index (χ3n) is 6.93. The summed E-state index contributed by atoms with van der Waals surface area (Å²) in [4.78, 5) is 18.4.